The molecule has 1 atom stereocenters. The molecule has 0 aromatic heterocycles. The maximum Gasteiger partial charge on any atom is 0.127 e. The maximum atomic E-state index is 5.79. The summed E-state index contributed by atoms with van der Waals surface area (Å²) < 4.78 is 5.79. The van der Waals surface area contributed by atoms with Crippen molar-refractivity contribution in [2.45, 2.75) is 25.2 Å². The standard InChI is InChI=1S/C17H17O/c1-2-8-16(9-3-1)18-17-12-10-15(11-13-17)14-6-4-5-7-14/h1-4,8-14H,5-7H2/t14-/m0/s1. The molecule has 0 spiro atoms. The van der Waals surface area contributed by atoms with E-state index in [1.54, 1.807) is 0 Å². The zero-order valence-corrected chi connectivity index (χ0v) is 10.4. The van der Waals surface area contributed by atoms with E-state index < -0.39 is 0 Å². The van der Waals surface area contributed by atoms with E-state index in [9.17, 15) is 0 Å². The van der Waals surface area contributed by atoms with E-state index in [-0.39, 0.29) is 0 Å². The van der Waals surface area contributed by atoms with Gasteiger partial charge in [0.2, 0.25) is 0 Å². The molecule has 1 radical (unpaired) electrons. The van der Waals surface area contributed by atoms with Gasteiger partial charge in [-0.25, -0.2) is 0 Å². The smallest absolute Gasteiger partial charge is 0.127 e. The third kappa shape index (κ3) is 2.56. The van der Waals surface area contributed by atoms with Crippen molar-refractivity contribution in [3.8, 4) is 11.5 Å². The molecule has 91 valence electrons. The van der Waals surface area contributed by atoms with Crippen molar-refractivity contribution in [2.24, 2.45) is 0 Å². The van der Waals surface area contributed by atoms with Crippen LogP contribution in [0.3, 0.4) is 0 Å². The molecule has 0 aliphatic heterocycles. The highest BCUT2D eigenvalue weighted by Crippen LogP contribution is 2.34. The second-order valence-electron chi connectivity index (χ2n) is 4.78. The molecule has 1 nitrogen and oxygen atoms in total. The molecule has 18 heavy (non-hydrogen) atoms. The maximum absolute atomic E-state index is 5.79. The summed E-state index contributed by atoms with van der Waals surface area (Å²) in [7, 11) is 0. The summed E-state index contributed by atoms with van der Waals surface area (Å²) >= 11 is 0. The van der Waals surface area contributed by atoms with E-state index in [4.69, 9.17) is 4.74 Å². The first-order chi connectivity index (χ1) is 8.92. The highest BCUT2D eigenvalue weighted by Gasteiger charge is 2.16. The molecule has 2 aromatic carbocycles. The van der Waals surface area contributed by atoms with Gasteiger partial charge in [-0.1, -0.05) is 30.3 Å². The van der Waals surface area contributed by atoms with Crippen molar-refractivity contribution in [2.75, 3.05) is 0 Å². The summed E-state index contributed by atoms with van der Waals surface area (Å²) in [6, 6.07) is 18.4. The molecule has 3 rings (SSSR count). The van der Waals surface area contributed by atoms with E-state index in [2.05, 4.69) is 30.7 Å². The van der Waals surface area contributed by atoms with E-state index in [0.717, 1.165) is 17.4 Å². The number of hydrogen-bond acceptors (Lipinski definition) is 1. The summed E-state index contributed by atoms with van der Waals surface area (Å²) in [5.41, 5.74) is 1.43. The normalized spacial score (nSPS) is 15.8. The molecule has 0 bridgehead atoms. The lowest BCUT2D eigenvalue weighted by atomic mass is 9.98. The molecule has 0 saturated heterocycles. The largest absolute Gasteiger partial charge is 0.457 e. The Labute approximate surface area is 108 Å². The van der Waals surface area contributed by atoms with Crippen molar-refractivity contribution in [1.29, 1.82) is 0 Å². The second-order valence-corrected chi connectivity index (χ2v) is 4.78. The molecular weight excluding hydrogens is 220 g/mol. The van der Waals surface area contributed by atoms with Crippen LogP contribution in [0.25, 0.3) is 0 Å². The van der Waals surface area contributed by atoms with Crippen LogP contribution in [0, 0.1) is 6.42 Å². The Hall–Kier alpha value is -1.76. The van der Waals surface area contributed by atoms with E-state index in [1.807, 2.05) is 30.3 Å². The number of para-hydroxylation sites is 1. The summed E-state index contributed by atoms with van der Waals surface area (Å²) in [5, 5.41) is 0. The summed E-state index contributed by atoms with van der Waals surface area (Å²) in [5.74, 6) is 2.52. The van der Waals surface area contributed by atoms with Crippen LogP contribution < -0.4 is 4.74 Å². The molecule has 1 heteroatoms. The first kappa shape index (κ1) is 11.3. The molecule has 1 fully saturated rings. The van der Waals surface area contributed by atoms with Gasteiger partial charge in [0.1, 0.15) is 11.5 Å². The molecular formula is C17H17O. The average Bonchev–Trinajstić information content (AvgIpc) is 2.95. The lowest BCUT2D eigenvalue weighted by molar-refractivity contribution is 0.482. The van der Waals surface area contributed by atoms with Crippen molar-refractivity contribution in [3.05, 3.63) is 66.6 Å². The average molecular weight is 237 g/mol. The topological polar surface area (TPSA) is 9.23 Å². The second kappa shape index (κ2) is 5.26. The fraction of sp³-hybridized carbons (Fsp3) is 0.235. The molecule has 0 N–H and O–H groups in total. The van der Waals surface area contributed by atoms with Crippen LogP contribution in [-0.4, -0.2) is 0 Å². The van der Waals surface area contributed by atoms with Gasteiger partial charge in [-0.15, -0.1) is 0 Å². The summed E-state index contributed by atoms with van der Waals surface area (Å²) in [6.45, 7) is 0. The zero-order valence-electron chi connectivity index (χ0n) is 10.4. The molecule has 1 aliphatic rings. The summed E-state index contributed by atoms with van der Waals surface area (Å²) in [4.78, 5) is 0. The predicted octanol–water partition coefficient (Wildman–Crippen LogP) is 4.95. The zero-order chi connectivity index (χ0) is 12.2. The fourth-order valence-corrected chi connectivity index (χ4v) is 2.49. The lowest BCUT2D eigenvalue weighted by Crippen LogP contribution is -1.92. The molecule has 1 aliphatic carbocycles. The summed E-state index contributed by atoms with van der Waals surface area (Å²) in [6.07, 6.45) is 6.16. The Morgan fingerprint density at radius 3 is 2.22 bits per heavy atom. The number of rotatable bonds is 3. The van der Waals surface area contributed by atoms with Gasteiger partial charge in [0.25, 0.3) is 0 Å². The fourth-order valence-electron chi connectivity index (χ4n) is 2.49. The van der Waals surface area contributed by atoms with Crippen LogP contribution in [0.1, 0.15) is 30.7 Å². The molecule has 1 saturated carbocycles. The van der Waals surface area contributed by atoms with Crippen LogP contribution in [0.2, 0.25) is 0 Å². The molecule has 0 amide bonds. The van der Waals surface area contributed by atoms with E-state index >= 15 is 0 Å². The van der Waals surface area contributed by atoms with Gasteiger partial charge in [0.05, 0.1) is 0 Å². The third-order valence-electron chi connectivity index (χ3n) is 3.50. The van der Waals surface area contributed by atoms with Gasteiger partial charge in [-0.3, -0.25) is 0 Å². The first-order valence-corrected chi connectivity index (χ1v) is 6.56. The van der Waals surface area contributed by atoms with Crippen molar-refractivity contribution in [1.82, 2.24) is 0 Å². The SMILES string of the molecule is [CH]1CC[C@@H](c2ccc(Oc3ccccc3)cc2)C1. The Morgan fingerprint density at radius 1 is 0.833 bits per heavy atom. The monoisotopic (exact) mass is 237 g/mol. The number of benzene rings is 2. The van der Waals surface area contributed by atoms with Gasteiger partial charge < -0.3 is 4.74 Å². The predicted molar refractivity (Wildman–Crippen MR) is 73.9 cm³/mol. The minimum Gasteiger partial charge on any atom is -0.457 e. The molecule has 0 unspecified atom stereocenters. The Morgan fingerprint density at radius 2 is 1.56 bits per heavy atom. The minimum absolute atomic E-state index is 0.718. The highest BCUT2D eigenvalue weighted by molar-refractivity contribution is 5.34. The van der Waals surface area contributed by atoms with E-state index in [1.165, 1.54) is 24.8 Å². The van der Waals surface area contributed by atoms with Crippen LogP contribution in [0.4, 0.5) is 0 Å². The van der Waals surface area contributed by atoms with Crippen LogP contribution in [0.5, 0.6) is 11.5 Å². The van der Waals surface area contributed by atoms with Crippen molar-refractivity contribution >= 4 is 0 Å². The molecule has 0 heterocycles. The highest BCUT2D eigenvalue weighted by atomic mass is 16.5. The Balaban J connectivity index is 1.71. The number of hydrogen-bond donors (Lipinski definition) is 0. The Kier molecular flexibility index (Phi) is 3.31. The Bertz CT molecular complexity index is 481. The quantitative estimate of drug-likeness (QED) is 0.733. The van der Waals surface area contributed by atoms with Gasteiger partial charge in [0, 0.05) is 0 Å². The minimum atomic E-state index is 0.718. The van der Waals surface area contributed by atoms with Crippen LogP contribution in [-0.2, 0) is 0 Å². The molecule has 2 aromatic rings. The van der Waals surface area contributed by atoms with Crippen molar-refractivity contribution in [3.63, 3.8) is 0 Å². The number of ether oxygens (including phenoxy) is 1. The van der Waals surface area contributed by atoms with Gasteiger partial charge in [0.15, 0.2) is 0 Å². The van der Waals surface area contributed by atoms with Crippen LogP contribution >= 0.6 is 0 Å². The lowest BCUT2D eigenvalue weighted by Gasteiger charge is -2.10. The van der Waals surface area contributed by atoms with Gasteiger partial charge in [-0.2, -0.15) is 0 Å². The third-order valence-corrected chi connectivity index (χ3v) is 3.50. The van der Waals surface area contributed by atoms with Crippen LogP contribution in [0.15, 0.2) is 54.6 Å². The van der Waals surface area contributed by atoms with Gasteiger partial charge >= 0.3 is 0 Å². The van der Waals surface area contributed by atoms with E-state index in [0.29, 0.717) is 0 Å². The van der Waals surface area contributed by atoms with Crippen molar-refractivity contribution < 1.29 is 4.74 Å². The first-order valence-electron chi connectivity index (χ1n) is 6.56. The van der Waals surface area contributed by atoms with Gasteiger partial charge in [-0.05, 0) is 61.4 Å².